The Morgan fingerprint density at radius 3 is 2.75 bits per heavy atom. The predicted octanol–water partition coefficient (Wildman–Crippen LogP) is -0.771. The van der Waals surface area contributed by atoms with Crippen LogP contribution in [0.4, 0.5) is 4.79 Å². The van der Waals surface area contributed by atoms with E-state index in [1.165, 1.54) is 0 Å². The number of nitrogens with two attached hydrogens (primary N) is 1. The van der Waals surface area contributed by atoms with Crippen LogP contribution in [0.15, 0.2) is 0 Å². The Morgan fingerprint density at radius 2 is 2.17 bits per heavy atom. The van der Waals surface area contributed by atoms with Crippen molar-refractivity contribution < 1.29 is 9.59 Å². The topological polar surface area (TPSA) is 66.6 Å². The van der Waals surface area contributed by atoms with E-state index in [0.717, 1.165) is 17.9 Å². The van der Waals surface area contributed by atoms with Gasteiger partial charge in [0, 0.05) is 13.1 Å². The third-order valence-corrected chi connectivity index (χ3v) is 1.89. The van der Waals surface area contributed by atoms with E-state index < -0.39 is 6.03 Å². The molecule has 5 nitrogen and oxygen atoms in total. The number of likely N-dealkylation sites (N-methyl/N-ethyl adjacent to an activating group) is 1. The lowest BCUT2D eigenvalue weighted by Gasteiger charge is -2.15. The minimum Gasteiger partial charge on any atom is -0.351 e. The highest BCUT2D eigenvalue weighted by molar-refractivity contribution is 5.94. The highest BCUT2D eigenvalue weighted by atomic mass is 16.2. The van der Waals surface area contributed by atoms with Crippen LogP contribution in [0, 0.1) is 0 Å². The average molecular weight is 171 g/mol. The lowest BCUT2D eigenvalue weighted by Crippen LogP contribution is -2.42. The summed E-state index contributed by atoms with van der Waals surface area (Å²) in [5.74, 6) is -0.206. The van der Waals surface area contributed by atoms with Crippen molar-refractivity contribution >= 4 is 11.9 Å². The van der Waals surface area contributed by atoms with Crippen molar-refractivity contribution in [2.24, 2.45) is 5.73 Å². The van der Waals surface area contributed by atoms with Gasteiger partial charge in [0.15, 0.2) is 0 Å². The SMILES string of the molecule is CN1CCCN(C(N)=O)C(=O)C1. The van der Waals surface area contributed by atoms with Gasteiger partial charge in [-0.25, -0.2) is 4.79 Å². The number of amides is 3. The first-order chi connectivity index (χ1) is 5.61. The zero-order chi connectivity index (χ0) is 9.14. The van der Waals surface area contributed by atoms with Crippen molar-refractivity contribution in [1.29, 1.82) is 0 Å². The second-order valence-corrected chi connectivity index (χ2v) is 2.97. The van der Waals surface area contributed by atoms with Gasteiger partial charge < -0.3 is 5.73 Å². The van der Waals surface area contributed by atoms with Crippen molar-refractivity contribution in [1.82, 2.24) is 9.80 Å². The van der Waals surface area contributed by atoms with Crippen LogP contribution in [0.25, 0.3) is 0 Å². The first-order valence-electron chi connectivity index (χ1n) is 3.89. The first-order valence-corrected chi connectivity index (χ1v) is 3.89. The number of carbonyl (C=O) groups excluding carboxylic acids is 2. The highest BCUT2D eigenvalue weighted by Crippen LogP contribution is 2.01. The molecule has 0 spiro atoms. The van der Waals surface area contributed by atoms with Crippen LogP contribution < -0.4 is 5.73 Å². The van der Waals surface area contributed by atoms with Gasteiger partial charge in [0.2, 0.25) is 5.91 Å². The molecule has 0 aromatic rings. The second kappa shape index (κ2) is 3.53. The van der Waals surface area contributed by atoms with Crippen LogP contribution in [0.2, 0.25) is 0 Å². The summed E-state index contributed by atoms with van der Waals surface area (Å²) in [7, 11) is 1.85. The van der Waals surface area contributed by atoms with E-state index in [9.17, 15) is 9.59 Å². The summed E-state index contributed by atoms with van der Waals surface area (Å²) in [6.45, 7) is 1.55. The van der Waals surface area contributed by atoms with E-state index in [4.69, 9.17) is 5.73 Å². The summed E-state index contributed by atoms with van der Waals surface area (Å²) in [5.41, 5.74) is 5.02. The van der Waals surface area contributed by atoms with E-state index in [-0.39, 0.29) is 12.5 Å². The summed E-state index contributed by atoms with van der Waals surface area (Å²) < 4.78 is 0. The second-order valence-electron chi connectivity index (χ2n) is 2.97. The third-order valence-electron chi connectivity index (χ3n) is 1.89. The molecule has 0 saturated carbocycles. The molecular formula is C7H13N3O2. The smallest absolute Gasteiger partial charge is 0.321 e. The van der Waals surface area contributed by atoms with Crippen molar-refractivity contribution in [3.05, 3.63) is 0 Å². The van der Waals surface area contributed by atoms with Gasteiger partial charge in [-0.05, 0) is 13.5 Å². The zero-order valence-electron chi connectivity index (χ0n) is 7.12. The highest BCUT2D eigenvalue weighted by Gasteiger charge is 2.22. The van der Waals surface area contributed by atoms with Gasteiger partial charge in [0.05, 0.1) is 6.54 Å². The molecular weight excluding hydrogens is 158 g/mol. The van der Waals surface area contributed by atoms with Crippen molar-refractivity contribution in [3.8, 4) is 0 Å². The number of urea groups is 1. The van der Waals surface area contributed by atoms with E-state index in [2.05, 4.69) is 0 Å². The van der Waals surface area contributed by atoms with Crippen LogP contribution in [0.3, 0.4) is 0 Å². The van der Waals surface area contributed by atoms with Crippen molar-refractivity contribution in [3.63, 3.8) is 0 Å². The molecule has 2 N–H and O–H groups in total. The number of carbonyl (C=O) groups is 2. The van der Waals surface area contributed by atoms with Gasteiger partial charge in [-0.3, -0.25) is 14.6 Å². The molecule has 0 bridgehead atoms. The van der Waals surface area contributed by atoms with Gasteiger partial charge >= 0.3 is 6.03 Å². The zero-order valence-corrected chi connectivity index (χ0v) is 7.12. The molecule has 1 fully saturated rings. The Labute approximate surface area is 71.1 Å². The molecule has 0 aliphatic carbocycles. The minimum absolute atomic E-state index is 0.206. The van der Waals surface area contributed by atoms with Crippen LogP contribution in [-0.4, -0.2) is 48.4 Å². The minimum atomic E-state index is -0.643. The summed E-state index contributed by atoms with van der Waals surface area (Å²) in [5, 5.41) is 0. The summed E-state index contributed by atoms with van der Waals surface area (Å²) >= 11 is 0. The number of nitrogens with zero attached hydrogens (tertiary/aromatic N) is 2. The van der Waals surface area contributed by atoms with Gasteiger partial charge in [0.1, 0.15) is 0 Å². The molecule has 0 unspecified atom stereocenters. The van der Waals surface area contributed by atoms with Gasteiger partial charge in [-0.1, -0.05) is 0 Å². The first kappa shape index (κ1) is 8.99. The van der Waals surface area contributed by atoms with E-state index in [1.807, 2.05) is 11.9 Å². The van der Waals surface area contributed by atoms with Crippen molar-refractivity contribution in [2.75, 3.05) is 26.7 Å². The molecule has 1 heterocycles. The molecule has 12 heavy (non-hydrogen) atoms. The molecule has 1 aliphatic rings. The summed E-state index contributed by atoms with van der Waals surface area (Å²) in [4.78, 5) is 25.0. The monoisotopic (exact) mass is 171 g/mol. The summed E-state index contributed by atoms with van der Waals surface area (Å²) in [6, 6.07) is -0.643. The molecule has 0 aromatic carbocycles. The molecule has 1 aliphatic heterocycles. The third kappa shape index (κ3) is 1.94. The number of rotatable bonds is 0. The fourth-order valence-corrected chi connectivity index (χ4v) is 1.25. The van der Waals surface area contributed by atoms with Crippen LogP contribution in [0.1, 0.15) is 6.42 Å². The molecule has 0 aromatic heterocycles. The normalized spacial score (nSPS) is 20.8. The van der Waals surface area contributed by atoms with Crippen LogP contribution in [-0.2, 0) is 4.79 Å². The number of hydrogen-bond donors (Lipinski definition) is 1. The van der Waals surface area contributed by atoms with E-state index >= 15 is 0 Å². The van der Waals surface area contributed by atoms with Gasteiger partial charge in [-0.2, -0.15) is 0 Å². The van der Waals surface area contributed by atoms with Crippen molar-refractivity contribution in [2.45, 2.75) is 6.42 Å². The average Bonchev–Trinajstić information content (AvgIpc) is 2.10. The Kier molecular flexibility index (Phi) is 2.65. The maximum absolute atomic E-state index is 11.2. The Bertz CT molecular complexity index is 205. The maximum atomic E-state index is 11.2. The number of primary amides is 1. The molecule has 3 amide bonds. The van der Waals surface area contributed by atoms with Crippen LogP contribution in [0.5, 0.6) is 0 Å². The van der Waals surface area contributed by atoms with E-state index in [1.54, 1.807) is 0 Å². The Hall–Kier alpha value is -1.10. The molecule has 0 atom stereocenters. The fraction of sp³-hybridized carbons (Fsp3) is 0.714. The Balaban J connectivity index is 2.64. The standard InChI is InChI=1S/C7H13N3O2/c1-9-3-2-4-10(7(8)12)6(11)5-9/h2-5H2,1H3,(H2,8,12). The largest absolute Gasteiger partial charge is 0.351 e. The summed E-state index contributed by atoms with van der Waals surface area (Å²) in [6.07, 6.45) is 0.797. The lowest BCUT2D eigenvalue weighted by molar-refractivity contribution is -0.128. The molecule has 0 radical (unpaired) electrons. The molecule has 1 rings (SSSR count). The molecule has 68 valence electrons. The Morgan fingerprint density at radius 1 is 1.50 bits per heavy atom. The van der Waals surface area contributed by atoms with Gasteiger partial charge in [0.25, 0.3) is 0 Å². The van der Waals surface area contributed by atoms with Gasteiger partial charge in [-0.15, -0.1) is 0 Å². The molecule has 5 heteroatoms. The van der Waals surface area contributed by atoms with E-state index in [0.29, 0.717) is 6.54 Å². The quantitative estimate of drug-likeness (QED) is 0.520. The lowest BCUT2D eigenvalue weighted by atomic mass is 10.4. The number of imide groups is 1. The molecule has 1 saturated heterocycles. The fourth-order valence-electron chi connectivity index (χ4n) is 1.25. The predicted molar refractivity (Wildman–Crippen MR) is 43.4 cm³/mol. The van der Waals surface area contributed by atoms with Crippen LogP contribution >= 0.6 is 0 Å². The number of hydrogen-bond acceptors (Lipinski definition) is 3. The maximum Gasteiger partial charge on any atom is 0.321 e.